The van der Waals surface area contributed by atoms with Crippen molar-refractivity contribution in [3.8, 4) is 11.8 Å². The summed E-state index contributed by atoms with van der Waals surface area (Å²) in [5.74, 6) is -0.719. The van der Waals surface area contributed by atoms with Crippen LogP contribution in [0.25, 0.3) is 0 Å². The van der Waals surface area contributed by atoms with Gasteiger partial charge in [-0.2, -0.15) is 5.26 Å². The molecule has 3 aromatic rings. The van der Waals surface area contributed by atoms with Crippen molar-refractivity contribution < 1.29 is 28.2 Å². The number of aryl methyl sites for hydroxylation is 1. The summed E-state index contributed by atoms with van der Waals surface area (Å²) in [4.78, 5) is 27.9. The van der Waals surface area contributed by atoms with Crippen molar-refractivity contribution in [3.63, 3.8) is 0 Å². The summed E-state index contributed by atoms with van der Waals surface area (Å²) in [5, 5.41) is 9.15. The van der Waals surface area contributed by atoms with Gasteiger partial charge in [0.15, 0.2) is 17.9 Å². The highest BCUT2D eigenvalue weighted by Crippen LogP contribution is 2.24. The minimum atomic E-state index is -0.660. The molecular weight excluding hydrogens is 489 g/mol. The van der Waals surface area contributed by atoms with Gasteiger partial charge in [0, 0.05) is 17.8 Å². The van der Waals surface area contributed by atoms with E-state index < -0.39 is 24.1 Å². The lowest BCUT2D eigenvalue weighted by atomic mass is 10.1. The number of nitriles is 1. The molecule has 1 heterocycles. The van der Waals surface area contributed by atoms with Crippen LogP contribution < -0.4 is 9.64 Å². The molecule has 8 nitrogen and oxygen atoms in total. The Balaban J connectivity index is 1.46. The molecule has 1 fully saturated rings. The molecular formula is C29H28FN3O5. The summed E-state index contributed by atoms with van der Waals surface area (Å²) in [6, 6.07) is 20.4. The molecule has 3 aromatic carbocycles. The van der Waals surface area contributed by atoms with Gasteiger partial charge in [0.05, 0.1) is 44.5 Å². The average molecular weight is 518 g/mol. The van der Waals surface area contributed by atoms with Gasteiger partial charge in [0.2, 0.25) is 6.41 Å². The van der Waals surface area contributed by atoms with E-state index in [1.165, 1.54) is 13.2 Å². The number of methoxy groups -OCH3 is 1. The Bertz CT molecular complexity index is 1320. The Kier molecular flexibility index (Phi) is 8.69. The second-order valence-electron chi connectivity index (χ2n) is 8.89. The first-order valence-corrected chi connectivity index (χ1v) is 12.1. The Hall–Kier alpha value is -4.26. The maximum Gasteiger partial charge on any atom is 0.260 e. The van der Waals surface area contributed by atoms with E-state index in [-0.39, 0.29) is 19.0 Å². The van der Waals surface area contributed by atoms with Crippen LogP contribution in [0.15, 0.2) is 66.7 Å². The van der Waals surface area contributed by atoms with Crippen LogP contribution in [-0.4, -0.2) is 56.4 Å². The zero-order chi connectivity index (χ0) is 27.1. The van der Waals surface area contributed by atoms with E-state index in [4.69, 9.17) is 19.5 Å². The smallest absolute Gasteiger partial charge is 0.260 e. The second-order valence-corrected chi connectivity index (χ2v) is 8.89. The zero-order valence-corrected chi connectivity index (χ0v) is 21.2. The van der Waals surface area contributed by atoms with Crippen molar-refractivity contribution in [2.75, 3.05) is 31.8 Å². The summed E-state index contributed by atoms with van der Waals surface area (Å²) >= 11 is 0. The second kappa shape index (κ2) is 12.3. The van der Waals surface area contributed by atoms with Gasteiger partial charge >= 0.3 is 0 Å². The summed E-state index contributed by atoms with van der Waals surface area (Å²) < 4.78 is 31.2. The molecule has 0 bridgehead atoms. The molecule has 0 N–H and O–H groups in total. The van der Waals surface area contributed by atoms with Crippen LogP contribution >= 0.6 is 0 Å². The summed E-state index contributed by atoms with van der Waals surface area (Å²) in [7, 11) is 1.41. The lowest BCUT2D eigenvalue weighted by molar-refractivity contribution is -0.195. The molecule has 1 aliphatic rings. The number of carbonyl (C=O) groups excluding carboxylic acids is 2. The highest BCUT2D eigenvalue weighted by Gasteiger charge is 2.32. The van der Waals surface area contributed by atoms with Gasteiger partial charge in [-0.15, -0.1) is 0 Å². The standard InChI is InChI=1S/C29H28FN3O5/c1-20-5-3-4-6-25(20)29(35)33(19-34)24-17-37-28(38-18-24)16-32(23-10-7-21(14-31)8-11-23)15-22-9-12-27(36-2)26(30)13-22/h3-13,19,24,28H,15-18H2,1-2H3. The minimum Gasteiger partial charge on any atom is -0.494 e. The number of hydrogen-bond donors (Lipinski definition) is 0. The normalized spacial score (nSPS) is 16.8. The molecule has 9 heteroatoms. The third-order valence-corrected chi connectivity index (χ3v) is 6.39. The van der Waals surface area contributed by atoms with E-state index in [0.29, 0.717) is 36.2 Å². The van der Waals surface area contributed by atoms with Crippen LogP contribution in [0.2, 0.25) is 0 Å². The summed E-state index contributed by atoms with van der Waals surface area (Å²) in [6.45, 7) is 2.66. The van der Waals surface area contributed by atoms with Crippen LogP contribution in [0.3, 0.4) is 0 Å². The van der Waals surface area contributed by atoms with Gasteiger partial charge in [0.25, 0.3) is 5.91 Å². The molecule has 4 rings (SSSR count). The monoisotopic (exact) mass is 517 g/mol. The molecule has 196 valence electrons. The fourth-order valence-corrected chi connectivity index (χ4v) is 4.27. The quantitative estimate of drug-likeness (QED) is 0.395. The van der Waals surface area contributed by atoms with Crippen LogP contribution in [0, 0.1) is 24.1 Å². The first-order valence-electron chi connectivity index (χ1n) is 12.1. The number of anilines is 1. The number of benzene rings is 3. The molecule has 38 heavy (non-hydrogen) atoms. The van der Waals surface area contributed by atoms with Crippen molar-refractivity contribution in [2.24, 2.45) is 0 Å². The van der Waals surface area contributed by atoms with E-state index in [1.807, 2.05) is 24.0 Å². The molecule has 0 aliphatic carbocycles. The number of ether oxygens (including phenoxy) is 3. The Labute approximate surface area is 220 Å². The molecule has 0 radical (unpaired) electrons. The number of carbonyl (C=O) groups is 2. The number of rotatable bonds is 9. The first kappa shape index (κ1) is 26.8. The van der Waals surface area contributed by atoms with Gasteiger partial charge in [-0.3, -0.25) is 14.5 Å². The number of amides is 2. The molecule has 0 atom stereocenters. The molecule has 0 saturated carbocycles. The van der Waals surface area contributed by atoms with Crippen LogP contribution in [0.5, 0.6) is 5.75 Å². The summed E-state index contributed by atoms with van der Waals surface area (Å²) in [6.07, 6.45) is -0.152. The van der Waals surface area contributed by atoms with E-state index >= 15 is 0 Å². The third-order valence-electron chi connectivity index (χ3n) is 6.39. The van der Waals surface area contributed by atoms with Gasteiger partial charge in [-0.25, -0.2) is 4.39 Å². The van der Waals surface area contributed by atoms with Gasteiger partial charge in [0.1, 0.15) is 0 Å². The predicted octanol–water partition coefficient (Wildman–Crippen LogP) is 4.06. The Morgan fingerprint density at radius 3 is 2.45 bits per heavy atom. The molecule has 0 unspecified atom stereocenters. The first-order chi connectivity index (χ1) is 18.4. The fraction of sp³-hybridized carbons (Fsp3) is 0.276. The van der Waals surface area contributed by atoms with E-state index in [0.717, 1.165) is 16.2 Å². The zero-order valence-electron chi connectivity index (χ0n) is 21.2. The van der Waals surface area contributed by atoms with E-state index in [2.05, 4.69) is 6.07 Å². The molecule has 2 amide bonds. The predicted molar refractivity (Wildman–Crippen MR) is 138 cm³/mol. The van der Waals surface area contributed by atoms with Crippen molar-refractivity contribution in [2.45, 2.75) is 25.8 Å². The fourth-order valence-electron chi connectivity index (χ4n) is 4.27. The van der Waals surface area contributed by atoms with Crippen LogP contribution in [0.4, 0.5) is 10.1 Å². The lowest BCUT2D eigenvalue weighted by Crippen LogP contribution is -2.51. The van der Waals surface area contributed by atoms with Crippen LogP contribution in [-0.2, 0) is 20.8 Å². The molecule has 1 saturated heterocycles. The van der Waals surface area contributed by atoms with Gasteiger partial charge in [-0.05, 0) is 60.5 Å². The number of nitrogens with zero attached hydrogens (tertiary/aromatic N) is 3. The maximum atomic E-state index is 14.3. The van der Waals surface area contributed by atoms with Crippen molar-refractivity contribution >= 4 is 18.0 Å². The van der Waals surface area contributed by atoms with Gasteiger partial charge in [-0.1, -0.05) is 24.3 Å². The Morgan fingerprint density at radius 1 is 1.13 bits per heavy atom. The molecule has 0 aromatic heterocycles. The highest BCUT2D eigenvalue weighted by molar-refractivity contribution is 6.01. The Morgan fingerprint density at radius 2 is 1.84 bits per heavy atom. The summed E-state index contributed by atoms with van der Waals surface area (Å²) in [5.41, 5.74) is 3.23. The lowest BCUT2D eigenvalue weighted by Gasteiger charge is -2.36. The van der Waals surface area contributed by atoms with Crippen molar-refractivity contribution in [1.29, 1.82) is 5.26 Å². The van der Waals surface area contributed by atoms with E-state index in [9.17, 15) is 14.0 Å². The number of hydrogen-bond acceptors (Lipinski definition) is 7. The topological polar surface area (TPSA) is 92.1 Å². The van der Waals surface area contributed by atoms with Gasteiger partial charge < -0.3 is 19.1 Å². The number of halogens is 1. The van der Waals surface area contributed by atoms with Crippen molar-refractivity contribution in [1.82, 2.24) is 4.90 Å². The molecule has 1 aliphatic heterocycles. The largest absolute Gasteiger partial charge is 0.494 e. The number of imide groups is 1. The maximum absolute atomic E-state index is 14.3. The third kappa shape index (κ3) is 6.17. The SMILES string of the molecule is COc1ccc(CN(CC2OCC(N(C=O)C(=O)c3ccccc3C)CO2)c2ccc(C#N)cc2)cc1F. The van der Waals surface area contributed by atoms with Crippen molar-refractivity contribution in [3.05, 3.63) is 94.8 Å². The molecule has 0 spiro atoms. The highest BCUT2D eigenvalue weighted by atomic mass is 19.1. The van der Waals surface area contributed by atoms with Crippen LogP contribution in [0.1, 0.15) is 27.0 Å². The minimum absolute atomic E-state index is 0.111. The van der Waals surface area contributed by atoms with E-state index in [1.54, 1.807) is 48.5 Å². The average Bonchev–Trinajstić information content (AvgIpc) is 2.94.